The van der Waals surface area contributed by atoms with Crippen LogP contribution in [0.2, 0.25) is 5.02 Å². The van der Waals surface area contributed by atoms with Gasteiger partial charge in [-0.25, -0.2) is 14.0 Å². The fraction of sp³-hybridized carbons (Fsp3) is 0.261. The van der Waals surface area contributed by atoms with Crippen molar-refractivity contribution in [1.82, 2.24) is 10.2 Å². The molecule has 2 aromatic rings. The molecule has 1 aliphatic rings. The number of esters is 1. The van der Waals surface area contributed by atoms with Gasteiger partial charge in [0.2, 0.25) is 0 Å². The molecule has 1 aliphatic heterocycles. The van der Waals surface area contributed by atoms with Gasteiger partial charge in [0.05, 0.1) is 24.8 Å². The Balaban J connectivity index is 1.83. The molecule has 0 radical (unpaired) electrons. The van der Waals surface area contributed by atoms with E-state index in [4.69, 9.17) is 25.8 Å². The summed E-state index contributed by atoms with van der Waals surface area (Å²) in [6.07, 6.45) is 1.42. The van der Waals surface area contributed by atoms with Crippen molar-refractivity contribution >= 4 is 35.6 Å². The van der Waals surface area contributed by atoms with Crippen LogP contribution in [0.25, 0.3) is 6.08 Å². The quantitative estimate of drug-likeness (QED) is 0.335. The number of amides is 3. The number of nitrogens with zero attached hydrogens (tertiary/aromatic N) is 1. The highest BCUT2D eigenvalue weighted by Gasteiger charge is 2.34. The summed E-state index contributed by atoms with van der Waals surface area (Å²) in [6, 6.07) is 8.29. The summed E-state index contributed by atoms with van der Waals surface area (Å²) in [4.78, 5) is 37.6. The molecule has 1 heterocycles. The second-order valence-corrected chi connectivity index (χ2v) is 7.23. The molecule has 0 aliphatic carbocycles. The Bertz CT molecular complexity index is 1100. The van der Waals surface area contributed by atoms with E-state index in [2.05, 4.69) is 5.32 Å². The summed E-state index contributed by atoms with van der Waals surface area (Å²) in [6.45, 7) is 3.38. The lowest BCUT2D eigenvalue weighted by atomic mass is 10.1. The molecular weight excluding hydrogens is 455 g/mol. The van der Waals surface area contributed by atoms with Crippen molar-refractivity contribution in [1.29, 1.82) is 0 Å². The zero-order chi connectivity index (χ0) is 24.0. The molecule has 3 rings (SSSR count). The molecule has 33 heavy (non-hydrogen) atoms. The zero-order valence-corrected chi connectivity index (χ0v) is 18.8. The second-order valence-electron chi connectivity index (χ2n) is 6.83. The first-order chi connectivity index (χ1) is 15.8. The summed E-state index contributed by atoms with van der Waals surface area (Å²) in [5.41, 5.74) is 0.658. The number of benzene rings is 2. The summed E-state index contributed by atoms with van der Waals surface area (Å²) >= 11 is 6.32. The number of hydrogen-bond acceptors (Lipinski definition) is 6. The molecule has 1 fully saturated rings. The highest BCUT2D eigenvalue weighted by molar-refractivity contribution is 6.32. The Morgan fingerprint density at radius 2 is 1.91 bits per heavy atom. The number of carbonyl (C=O) groups excluding carboxylic acids is 3. The normalized spacial score (nSPS) is 14.4. The minimum atomic E-state index is -0.667. The predicted molar refractivity (Wildman–Crippen MR) is 118 cm³/mol. The first kappa shape index (κ1) is 24.1. The van der Waals surface area contributed by atoms with Crippen molar-refractivity contribution in [3.63, 3.8) is 0 Å². The van der Waals surface area contributed by atoms with Crippen LogP contribution in [0.3, 0.4) is 0 Å². The first-order valence-corrected chi connectivity index (χ1v) is 10.5. The maximum Gasteiger partial charge on any atom is 0.344 e. The van der Waals surface area contributed by atoms with Crippen LogP contribution in [-0.4, -0.2) is 42.6 Å². The van der Waals surface area contributed by atoms with E-state index >= 15 is 0 Å². The van der Waals surface area contributed by atoms with Gasteiger partial charge < -0.3 is 19.5 Å². The van der Waals surface area contributed by atoms with Crippen molar-refractivity contribution in [3.05, 3.63) is 64.1 Å². The van der Waals surface area contributed by atoms with Crippen LogP contribution < -0.4 is 14.8 Å². The Morgan fingerprint density at radius 3 is 2.61 bits per heavy atom. The van der Waals surface area contributed by atoms with Crippen LogP contribution >= 0.6 is 11.6 Å². The molecule has 3 amide bonds. The first-order valence-electron chi connectivity index (χ1n) is 10.2. The van der Waals surface area contributed by atoms with Gasteiger partial charge in [-0.2, -0.15) is 0 Å². The van der Waals surface area contributed by atoms with E-state index in [1.807, 2.05) is 0 Å². The lowest BCUT2D eigenvalue weighted by Gasteiger charge is -2.14. The number of carbonyl (C=O) groups is 3. The predicted octanol–water partition coefficient (Wildman–Crippen LogP) is 3.91. The van der Waals surface area contributed by atoms with E-state index in [9.17, 15) is 18.8 Å². The van der Waals surface area contributed by atoms with E-state index in [1.165, 1.54) is 30.3 Å². The molecule has 0 unspecified atom stereocenters. The van der Waals surface area contributed by atoms with E-state index in [0.29, 0.717) is 5.56 Å². The molecule has 0 spiro atoms. The molecule has 1 N–H and O–H groups in total. The Kier molecular flexibility index (Phi) is 7.89. The Hall–Kier alpha value is -3.59. The maximum absolute atomic E-state index is 13.9. The van der Waals surface area contributed by atoms with E-state index < -0.39 is 23.7 Å². The standard InChI is InChI=1S/C23H22ClFN2O6/c1-3-31-19-11-14(9-16(24)21(19)33-13-20(28)32-4-2)10-18-22(29)27(23(30)26-18)12-15-7-5-6-8-17(15)25/h5-11H,3-4,12-13H2,1-2H3,(H,26,30)/b18-10+. The summed E-state index contributed by atoms with van der Waals surface area (Å²) in [5.74, 6) is -1.28. The maximum atomic E-state index is 13.9. The van der Waals surface area contributed by atoms with Gasteiger partial charge >= 0.3 is 12.0 Å². The number of hydrogen-bond donors (Lipinski definition) is 1. The minimum Gasteiger partial charge on any atom is -0.490 e. The van der Waals surface area contributed by atoms with Crippen LogP contribution in [0.5, 0.6) is 11.5 Å². The van der Waals surface area contributed by atoms with Crippen molar-refractivity contribution in [2.24, 2.45) is 0 Å². The van der Waals surface area contributed by atoms with Gasteiger partial charge in [-0.1, -0.05) is 29.8 Å². The molecule has 0 saturated carbocycles. The molecular formula is C23H22ClFN2O6. The second kappa shape index (κ2) is 10.8. The van der Waals surface area contributed by atoms with Crippen LogP contribution in [0, 0.1) is 5.82 Å². The van der Waals surface area contributed by atoms with Gasteiger partial charge in [-0.15, -0.1) is 0 Å². The van der Waals surface area contributed by atoms with E-state index in [0.717, 1.165) is 4.90 Å². The SMILES string of the molecule is CCOC(=O)COc1c(Cl)cc(/C=C2/NC(=O)N(Cc3ccccc3F)C2=O)cc1OCC. The molecule has 8 nitrogen and oxygen atoms in total. The van der Waals surface area contributed by atoms with Gasteiger partial charge in [0.1, 0.15) is 11.5 Å². The third kappa shape index (κ3) is 5.81. The Labute approximate surface area is 194 Å². The fourth-order valence-corrected chi connectivity index (χ4v) is 3.36. The molecule has 174 valence electrons. The highest BCUT2D eigenvalue weighted by atomic mass is 35.5. The van der Waals surface area contributed by atoms with Gasteiger partial charge in [-0.3, -0.25) is 9.69 Å². The van der Waals surface area contributed by atoms with Gasteiger partial charge in [0, 0.05) is 5.56 Å². The molecule has 10 heteroatoms. The minimum absolute atomic E-state index is 0.00459. The van der Waals surface area contributed by atoms with Gasteiger partial charge in [0.15, 0.2) is 18.1 Å². The Morgan fingerprint density at radius 1 is 1.15 bits per heavy atom. The lowest BCUT2D eigenvalue weighted by molar-refractivity contribution is -0.145. The molecule has 0 atom stereocenters. The van der Waals surface area contributed by atoms with Gasteiger partial charge in [0.25, 0.3) is 5.91 Å². The average molecular weight is 477 g/mol. The number of imide groups is 1. The number of halogens is 2. The van der Waals surface area contributed by atoms with Crippen molar-refractivity contribution in [2.45, 2.75) is 20.4 Å². The summed E-state index contributed by atoms with van der Waals surface area (Å²) < 4.78 is 29.8. The van der Waals surface area contributed by atoms with Gasteiger partial charge in [-0.05, 0) is 43.7 Å². The van der Waals surface area contributed by atoms with Crippen molar-refractivity contribution in [2.75, 3.05) is 19.8 Å². The van der Waals surface area contributed by atoms with Crippen molar-refractivity contribution in [3.8, 4) is 11.5 Å². The fourth-order valence-electron chi connectivity index (χ4n) is 3.09. The molecule has 1 saturated heterocycles. The van der Waals surface area contributed by atoms with Crippen molar-refractivity contribution < 1.29 is 33.0 Å². The third-order valence-corrected chi connectivity index (χ3v) is 4.81. The number of ether oxygens (including phenoxy) is 3. The number of rotatable bonds is 9. The smallest absolute Gasteiger partial charge is 0.344 e. The van der Waals surface area contributed by atoms with Crippen LogP contribution in [0.4, 0.5) is 9.18 Å². The van der Waals surface area contributed by atoms with E-state index in [1.54, 1.807) is 26.0 Å². The average Bonchev–Trinajstić information content (AvgIpc) is 3.02. The monoisotopic (exact) mass is 476 g/mol. The molecule has 0 aromatic heterocycles. The lowest BCUT2D eigenvalue weighted by Crippen LogP contribution is -2.30. The molecule has 0 bridgehead atoms. The largest absolute Gasteiger partial charge is 0.490 e. The van der Waals surface area contributed by atoms with Crippen LogP contribution in [0.15, 0.2) is 42.1 Å². The van der Waals surface area contributed by atoms with Crippen LogP contribution in [-0.2, 0) is 20.9 Å². The highest BCUT2D eigenvalue weighted by Crippen LogP contribution is 2.37. The third-order valence-electron chi connectivity index (χ3n) is 4.53. The number of nitrogens with one attached hydrogen (secondary N) is 1. The summed E-state index contributed by atoms with van der Waals surface area (Å²) in [5, 5.41) is 2.62. The molecule has 2 aromatic carbocycles. The zero-order valence-electron chi connectivity index (χ0n) is 18.0. The van der Waals surface area contributed by atoms with Crippen LogP contribution in [0.1, 0.15) is 25.0 Å². The number of urea groups is 1. The topological polar surface area (TPSA) is 94.2 Å². The van der Waals surface area contributed by atoms with E-state index in [-0.39, 0.29) is 54.1 Å². The summed E-state index contributed by atoms with van der Waals surface area (Å²) in [7, 11) is 0.